The van der Waals surface area contributed by atoms with Crippen LogP contribution in [0, 0.1) is 0 Å². The molecule has 0 bridgehead atoms. The smallest absolute Gasteiger partial charge is 0.320 e. The van der Waals surface area contributed by atoms with E-state index in [1.165, 1.54) is 23.1 Å². The van der Waals surface area contributed by atoms with Gasteiger partial charge in [-0.05, 0) is 49.7 Å². The van der Waals surface area contributed by atoms with Gasteiger partial charge in [0.2, 0.25) is 0 Å². The van der Waals surface area contributed by atoms with Crippen LogP contribution in [-0.2, 0) is 9.53 Å². The first-order valence-corrected chi connectivity index (χ1v) is 11.8. The summed E-state index contributed by atoms with van der Waals surface area (Å²) in [7, 11) is 1.49. The molecule has 2 aromatic heterocycles. The van der Waals surface area contributed by atoms with Crippen LogP contribution in [0.15, 0.2) is 53.3 Å². The first-order chi connectivity index (χ1) is 16.7. The number of hydrogen-bond donors (Lipinski definition) is 1. The van der Waals surface area contributed by atoms with Crippen LogP contribution in [0.3, 0.4) is 0 Å². The molecule has 2 N–H and O–H groups in total. The van der Waals surface area contributed by atoms with Crippen molar-refractivity contribution in [1.82, 2.24) is 15.0 Å². The lowest BCUT2D eigenvalue weighted by Gasteiger charge is -2.25. The first-order valence-electron chi connectivity index (χ1n) is 10.6. The fraction of sp³-hybridized carbons (Fsp3) is 0.250. The highest BCUT2D eigenvalue weighted by atomic mass is 35.5. The van der Waals surface area contributed by atoms with Crippen LogP contribution in [0.1, 0.15) is 13.8 Å². The molecule has 182 valence electrons. The average Bonchev–Trinajstić information content (AvgIpc) is 3.28. The Bertz CT molecular complexity index is 1430. The van der Waals surface area contributed by atoms with E-state index in [-0.39, 0.29) is 18.7 Å². The molecule has 2 aromatic carbocycles. The van der Waals surface area contributed by atoms with Crippen LogP contribution in [0.2, 0.25) is 5.02 Å². The van der Waals surface area contributed by atoms with Crippen molar-refractivity contribution in [3.63, 3.8) is 0 Å². The Morgan fingerprint density at radius 3 is 2.57 bits per heavy atom. The summed E-state index contributed by atoms with van der Waals surface area (Å²) >= 11 is 7.32. The number of esters is 1. The fourth-order valence-electron chi connectivity index (χ4n) is 3.30. The zero-order valence-corrected chi connectivity index (χ0v) is 20.9. The number of fused-ring (bicyclic) bond motifs is 1. The third kappa shape index (κ3) is 5.45. The summed E-state index contributed by atoms with van der Waals surface area (Å²) in [5, 5.41) is 8.97. The van der Waals surface area contributed by atoms with Crippen molar-refractivity contribution in [3.8, 4) is 27.6 Å². The van der Waals surface area contributed by atoms with Crippen molar-refractivity contribution in [2.24, 2.45) is 5.73 Å². The summed E-state index contributed by atoms with van der Waals surface area (Å²) in [6.45, 7) is 3.28. The molecular weight excluding hydrogens is 492 g/mol. The van der Waals surface area contributed by atoms with Crippen molar-refractivity contribution in [2.75, 3.05) is 20.3 Å². The first kappa shape index (κ1) is 24.6. The van der Waals surface area contributed by atoms with Crippen molar-refractivity contribution in [1.29, 1.82) is 0 Å². The van der Waals surface area contributed by atoms with Crippen molar-refractivity contribution in [3.05, 3.63) is 63.9 Å². The quantitative estimate of drug-likeness (QED) is 0.352. The molecule has 0 spiro atoms. The van der Waals surface area contributed by atoms with Gasteiger partial charge in [0.25, 0.3) is 5.56 Å². The van der Waals surface area contributed by atoms with E-state index in [2.05, 4.69) is 10.3 Å². The number of rotatable bonds is 8. The number of aromatic nitrogens is 3. The monoisotopic (exact) mass is 514 g/mol. The Kier molecular flexibility index (Phi) is 7.06. The number of nitrogens with two attached hydrogens (primary N) is 1. The van der Waals surface area contributed by atoms with Crippen molar-refractivity contribution >= 4 is 39.1 Å². The van der Waals surface area contributed by atoms with Crippen molar-refractivity contribution in [2.45, 2.75) is 19.4 Å². The molecule has 0 unspecified atom stereocenters. The molecule has 0 atom stereocenters. The lowest BCUT2D eigenvalue weighted by Crippen LogP contribution is -2.37. The van der Waals surface area contributed by atoms with Gasteiger partial charge >= 0.3 is 5.97 Å². The maximum Gasteiger partial charge on any atom is 0.320 e. The van der Waals surface area contributed by atoms with Gasteiger partial charge in [0.1, 0.15) is 22.4 Å². The second kappa shape index (κ2) is 10.0. The van der Waals surface area contributed by atoms with Crippen LogP contribution in [0.5, 0.6) is 11.5 Å². The van der Waals surface area contributed by atoms with Gasteiger partial charge in [-0.25, -0.2) is 0 Å². The van der Waals surface area contributed by atoms with Crippen molar-refractivity contribution < 1.29 is 19.0 Å². The normalized spacial score (nSPS) is 11.5. The summed E-state index contributed by atoms with van der Waals surface area (Å²) < 4.78 is 18.2. The minimum atomic E-state index is -0.894. The Hall–Kier alpha value is -3.47. The van der Waals surface area contributed by atoms with E-state index in [1.54, 1.807) is 44.2 Å². The highest BCUT2D eigenvalue weighted by Gasteiger charge is 2.24. The second-order valence-electron chi connectivity index (χ2n) is 8.20. The lowest BCUT2D eigenvalue weighted by atomic mass is 10.1. The van der Waals surface area contributed by atoms with Crippen LogP contribution < -0.4 is 20.8 Å². The van der Waals surface area contributed by atoms with Crippen LogP contribution in [-0.4, -0.2) is 46.8 Å². The largest absolute Gasteiger partial charge is 0.493 e. The molecule has 0 aliphatic rings. The van der Waals surface area contributed by atoms with Gasteiger partial charge in [0.05, 0.1) is 19.3 Å². The number of carbonyl (C=O) groups is 1. The molecule has 0 aliphatic heterocycles. The summed E-state index contributed by atoms with van der Waals surface area (Å²) in [5.41, 5.74) is 6.03. The van der Waals surface area contributed by atoms with E-state index < -0.39 is 11.6 Å². The highest BCUT2D eigenvalue weighted by molar-refractivity contribution is 7.22. The summed E-state index contributed by atoms with van der Waals surface area (Å²) in [5.74, 6) is 0.267. The van der Waals surface area contributed by atoms with Gasteiger partial charge in [-0.15, -0.1) is 16.4 Å². The van der Waals surface area contributed by atoms with Gasteiger partial charge in [-0.3, -0.25) is 9.59 Å². The minimum Gasteiger partial charge on any atom is -0.493 e. The van der Waals surface area contributed by atoms with Gasteiger partial charge in [-0.2, -0.15) is 4.68 Å². The molecule has 0 aliphatic carbocycles. The third-order valence-corrected chi connectivity index (χ3v) is 6.41. The molecule has 4 aromatic rings. The molecule has 9 nitrogen and oxygen atoms in total. The van der Waals surface area contributed by atoms with Crippen LogP contribution in [0.25, 0.3) is 26.3 Å². The van der Waals surface area contributed by atoms with E-state index in [0.29, 0.717) is 32.4 Å². The van der Waals surface area contributed by atoms with E-state index >= 15 is 0 Å². The number of nitrogens with zero attached hydrogens (tertiary/aromatic N) is 3. The minimum absolute atomic E-state index is 0.0723. The molecule has 4 rings (SSSR count). The SMILES string of the molecule is COc1cc(-n2nnc3cc(-c4ccc(Cl)cc4)sc3c2=O)ccc1OCC(C)(C)OC(=O)CN. The molecule has 0 radical (unpaired) electrons. The zero-order chi connectivity index (χ0) is 25.2. The molecule has 0 saturated heterocycles. The number of carbonyl (C=O) groups excluding carboxylic acids is 1. The Balaban J connectivity index is 1.62. The van der Waals surface area contributed by atoms with Crippen LogP contribution in [0.4, 0.5) is 0 Å². The highest BCUT2D eigenvalue weighted by Crippen LogP contribution is 2.33. The Morgan fingerprint density at radius 1 is 1.14 bits per heavy atom. The van der Waals surface area contributed by atoms with Gasteiger partial charge < -0.3 is 19.9 Å². The fourth-order valence-corrected chi connectivity index (χ4v) is 4.45. The third-order valence-electron chi connectivity index (χ3n) is 4.99. The predicted octanol–water partition coefficient (Wildman–Crippen LogP) is 3.83. The van der Waals surface area contributed by atoms with E-state index in [1.807, 2.05) is 18.2 Å². The number of hydrogen-bond acceptors (Lipinski definition) is 9. The maximum atomic E-state index is 13.2. The molecule has 0 amide bonds. The number of halogens is 1. The molecule has 35 heavy (non-hydrogen) atoms. The summed E-state index contributed by atoms with van der Waals surface area (Å²) in [4.78, 5) is 25.6. The topological polar surface area (TPSA) is 119 Å². The van der Waals surface area contributed by atoms with E-state index in [0.717, 1.165) is 10.4 Å². The predicted molar refractivity (Wildman–Crippen MR) is 135 cm³/mol. The summed E-state index contributed by atoms with van der Waals surface area (Å²) in [6.07, 6.45) is 0. The standard InChI is InChI=1S/C24H23ClN4O5S/c1-24(2,34-21(30)12-26)13-33-18-9-8-16(10-19(18)32-3)29-23(31)22-17(27-28-29)11-20(35-22)14-4-6-15(25)7-5-14/h4-11H,12-13,26H2,1-3H3. The summed E-state index contributed by atoms with van der Waals surface area (Å²) in [6, 6.07) is 14.2. The average molecular weight is 515 g/mol. The maximum absolute atomic E-state index is 13.2. The lowest BCUT2D eigenvalue weighted by molar-refractivity contribution is -0.157. The zero-order valence-electron chi connectivity index (χ0n) is 19.3. The number of ether oxygens (including phenoxy) is 3. The van der Waals surface area contributed by atoms with Gasteiger partial charge in [0, 0.05) is 16.0 Å². The van der Waals surface area contributed by atoms with Gasteiger partial charge in [-0.1, -0.05) is 28.9 Å². The number of benzene rings is 2. The van der Waals surface area contributed by atoms with E-state index in [9.17, 15) is 9.59 Å². The molecule has 0 fully saturated rings. The Morgan fingerprint density at radius 2 is 1.89 bits per heavy atom. The molecule has 2 heterocycles. The number of thiophene rings is 1. The van der Waals surface area contributed by atoms with Crippen LogP contribution >= 0.6 is 22.9 Å². The van der Waals surface area contributed by atoms with Gasteiger partial charge in [0.15, 0.2) is 11.5 Å². The second-order valence-corrected chi connectivity index (χ2v) is 9.69. The molecule has 11 heteroatoms. The Labute approximate surface area is 210 Å². The number of methoxy groups -OCH3 is 1. The van der Waals surface area contributed by atoms with E-state index in [4.69, 9.17) is 31.5 Å². The molecular formula is C24H23ClN4O5S. The molecule has 0 saturated carbocycles.